The number of pyridine rings is 1. The number of aliphatic carboxylic acids is 1. The number of hydrogen-bond donors (Lipinski definition) is 2. The molecule has 13 heteroatoms. The smallest absolute Gasteiger partial charge is 0.416 e. The number of piperidine rings is 1. The molecule has 0 aliphatic carbocycles. The first kappa shape index (κ1) is 32.4. The van der Waals surface area contributed by atoms with Gasteiger partial charge in [0, 0.05) is 28.9 Å². The third-order valence-corrected chi connectivity index (χ3v) is 10.0. The molecule has 1 aliphatic heterocycles. The standard InChI is InChI=1S/C32H29ClF3N3O5S/c1-19-5-10-23(11-6-19)45(43,44)39-15-3-2-4-29(39)30(40)38-28(31(41)42)17-20-7-13-26-21(16-20)8-14-27(37-26)24-18-22(32(34,35)36)9-12-25(24)33/h5-14,16,18,28-29H,2-4,15,17H2,1H3,(H,38,40)(H,41,42)/t28?,29-/m0/s1. The van der Waals surface area contributed by atoms with Crippen LogP contribution in [0.4, 0.5) is 13.2 Å². The molecule has 1 saturated heterocycles. The van der Waals surface area contributed by atoms with E-state index in [1.54, 1.807) is 36.4 Å². The predicted octanol–water partition coefficient (Wildman–Crippen LogP) is 6.24. The van der Waals surface area contributed by atoms with Crippen molar-refractivity contribution in [3.05, 3.63) is 94.5 Å². The van der Waals surface area contributed by atoms with Crippen molar-refractivity contribution < 1.29 is 36.3 Å². The van der Waals surface area contributed by atoms with Crippen LogP contribution in [-0.2, 0) is 32.2 Å². The molecular weight excluding hydrogens is 631 g/mol. The molecule has 0 bridgehead atoms. The van der Waals surface area contributed by atoms with Crippen LogP contribution >= 0.6 is 11.6 Å². The molecule has 0 saturated carbocycles. The molecule has 1 unspecified atom stereocenters. The minimum Gasteiger partial charge on any atom is -0.480 e. The van der Waals surface area contributed by atoms with E-state index in [0.29, 0.717) is 29.3 Å². The summed E-state index contributed by atoms with van der Waals surface area (Å²) in [4.78, 5) is 30.1. The fraction of sp³-hybridized carbons (Fsp3) is 0.281. The maximum Gasteiger partial charge on any atom is 0.416 e. The Hall–Kier alpha value is -4.00. The lowest BCUT2D eigenvalue weighted by Gasteiger charge is -2.34. The third-order valence-electron chi connectivity index (χ3n) is 7.76. The van der Waals surface area contributed by atoms with Crippen LogP contribution in [0.15, 0.2) is 77.7 Å². The summed E-state index contributed by atoms with van der Waals surface area (Å²) >= 11 is 6.18. The highest BCUT2D eigenvalue weighted by molar-refractivity contribution is 7.89. The fourth-order valence-electron chi connectivity index (χ4n) is 5.35. The monoisotopic (exact) mass is 659 g/mol. The number of nitrogens with one attached hydrogen (secondary N) is 1. The topological polar surface area (TPSA) is 117 Å². The maximum absolute atomic E-state index is 13.4. The number of carbonyl (C=O) groups is 2. The summed E-state index contributed by atoms with van der Waals surface area (Å²) in [6.07, 6.45) is -3.21. The Balaban J connectivity index is 1.34. The molecule has 0 radical (unpaired) electrons. The molecule has 45 heavy (non-hydrogen) atoms. The van der Waals surface area contributed by atoms with E-state index in [-0.39, 0.29) is 40.6 Å². The van der Waals surface area contributed by atoms with E-state index < -0.39 is 45.7 Å². The van der Waals surface area contributed by atoms with Crippen LogP contribution in [0.3, 0.4) is 0 Å². The number of fused-ring (bicyclic) bond motifs is 1. The van der Waals surface area contributed by atoms with Gasteiger partial charge in [0.1, 0.15) is 12.1 Å². The van der Waals surface area contributed by atoms with Gasteiger partial charge in [-0.15, -0.1) is 0 Å². The zero-order valence-electron chi connectivity index (χ0n) is 24.0. The SMILES string of the molecule is Cc1ccc(S(=O)(=O)N2CCCC[C@H]2C(=O)NC(Cc2ccc3nc(-c4cc(C(F)(F)F)ccc4Cl)ccc3c2)C(=O)O)cc1. The van der Waals surface area contributed by atoms with Crippen LogP contribution in [0.2, 0.25) is 5.02 Å². The normalized spacial score (nSPS) is 16.8. The van der Waals surface area contributed by atoms with Gasteiger partial charge in [-0.25, -0.2) is 18.2 Å². The Labute approximate surface area is 262 Å². The largest absolute Gasteiger partial charge is 0.480 e. The van der Waals surface area contributed by atoms with Crippen LogP contribution in [0.25, 0.3) is 22.2 Å². The Bertz CT molecular complexity index is 1870. The van der Waals surface area contributed by atoms with Crippen LogP contribution in [0.5, 0.6) is 0 Å². The van der Waals surface area contributed by atoms with E-state index >= 15 is 0 Å². The van der Waals surface area contributed by atoms with Crippen LogP contribution in [0.1, 0.15) is 36.0 Å². The number of rotatable bonds is 8. The lowest BCUT2D eigenvalue weighted by Crippen LogP contribution is -2.55. The number of alkyl halides is 3. The predicted molar refractivity (Wildman–Crippen MR) is 163 cm³/mol. The molecule has 1 fully saturated rings. The average Bonchev–Trinajstić information content (AvgIpc) is 3.00. The van der Waals surface area contributed by atoms with E-state index in [9.17, 15) is 36.3 Å². The second-order valence-corrected chi connectivity index (χ2v) is 13.3. The summed E-state index contributed by atoms with van der Waals surface area (Å²) in [5.74, 6) is -1.98. The minimum atomic E-state index is -4.55. The van der Waals surface area contributed by atoms with Crippen molar-refractivity contribution in [2.24, 2.45) is 0 Å². The average molecular weight is 660 g/mol. The van der Waals surface area contributed by atoms with E-state index in [4.69, 9.17) is 11.6 Å². The highest BCUT2D eigenvalue weighted by Gasteiger charge is 2.39. The molecular formula is C32H29ClF3N3O5S. The second-order valence-electron chi connectivity index (χ2n) is 11.0. The molecule has 2 heterocycles. The zero-order chi connectivity index (χ0) is 32.5. The van der Waals surface area contributed by atoms with Gasteiger partial charge >= 0.3 is 12.1 Å². The van der Waals surface area contributed by atoms with Gasteiger partial charge in [-0.05, 0) is 73.9 Å². The Morgan fingerprint density at radius 1 is 1.04 bits per heavy atom. The van der Waals surface area contributed by atoms with E-state index in [0.717, 1.165) is 22.0 Å². The Morgan fingerprint density at radius 2 is 1.78 bits per heavy atom. The Morgan fingerprint density at radius 3 is 2.47 bits per heavy atom. The summed E-state index contributed by atoms with van der Waals surface area (Å²) in [6, 6.07) is 15.0. The number of hydrogen-bond acceptors (Lipinski definition) is 5. The Kier molecular flexibility index (Phi) is 9.20. The van der Waals surface area contributed by atoms with Crippen molar-refractivity contribution in [1.82, 2.24) is 14.6 Å². The lowest BCUT2D eigenvalue weighted by atomic mass is 10.0. The molecule has 236 valence electrons. The number of aromatic nitrogens is 1. The number of benzene rings is 3. The highest BCUT2D eigenvalue weighted by Crippen LogP contribution is 2.36. The summed E-state index contributed by atoms with van der Waals surface area (Å²) in [7, 11) is -3.99. The van der Waals surface area contributed by atoms with Crippen LogP contribution in [-0.4, -0.2) is 53.3 Å². The van der Waals surface area contributed by atoms with Crippen molar-refractivity contribution in [1.29, 1.82) is 0 Å². The number of carboxylic acids is 1. The first-order valence-corrected chi connectivity index (χ1v) is 15.9. The van der Waals surface area contributed by atoms with Gasteiger partial charge in [0.2, 0.25) is 15.9 Å². The van der Waals surface area contributed by atoms with Crippen LogP contribution in [0, 0.1) is 6.92 Å². The number of carbonyl (C=O) groups excluding carboxylic acids is 1. The second kappa shape index (κ2) is 12.8. The van der Waals surface area contributed by atoms with Gasteiger partial charge in [-0.2, -0.15) is 17.5 Å². The number of sulfonamides is 1. The molecule has 1 aromatic heterocycles. The molecule has 1 amide bonds. The molecule has 0 spiro atoms. The molecule has 2 N–H and O–H groups in total. The molecule has 1 aliphatic rings. The number of amides is 1. The van der Waals surface area contributed by atoms with Crippen LogP contribution < -0.4 is 5.32 Å². The van der Waals surface area contributed by atoms with Crippen molar-refractivity contribution >= 4 is 44.4 Å². The number of aryl methyl sites for hydroxylation is 1. The molecule has 3 aromatic carbocycles. The van der Waals surface area contributed by atoms with Gasteiger partial charge in [0.15, 0.2) is 0 Å². The summed E-state index contributed by atoms with van der Waals surface area (Å²) in [5, 5.41) is 13.2. The third kappa shape index (κ3) is 7.13. The van der Waals surface area contributed by atoms with Crippen molar-refractivity contribution in [3.63, 3.8) is 0 Å². The number of carboxylic acid groups (broad SMARTS) is 1. The van der Waals surface area contributed by atoms with Gasteiger partial charge in [-0.3, -0.25) is 4.79 Å². The van der Waals surface area contributed by atoms with Gasteiger partial charge in [0.25, 0.3) is 0 Å². The van der Waals surface area contributed by atoms with Crippen molar-refractivity contribution in [2.75, 3.05) is 6.54 Å². The van der Waals surface area contributed by atoms with Crippen molar-refractivity contribution in [3.8, 4) is 11.3 Å². The maximum atomic E-state index is 13.4. The summed E-state index contributed by atoms with van der Waals surface area (Å²) in [6.45, 7) is 1.97. The van der Waals surface area contributed by atoms with Gasteiger partial charge < -0.3 is 10.4 Å². The van der Waals surface area contributed by atoms with E-state index in [1.165, 1.54) is 24.3 Å². The highest BCUT2D eigenvalue weighted by atomic mass is 35.5. The quantitative estimate of drug-likeness (QED) is 0.231. The molecule has 8 nitrogen and oxygen atoms in total. The first-order chi connectivity index (χ1) is 21.2. The first-order valence-electron chi connectivity index (χ1n) is 14.1. The van der Waals surface area contributed by atoms with E-state index in [2.05, 4.69) is 10.3 Å². The summed E-state index contributed by atoms with van der Waals surface area (Å²) < 4.78 is 67.7. The molecule has 2 atom stereocenters. The number of halogens is 4. The minimum absolute atomic E-state index is 0.0610. The van der Waals surface area contributed by atoms with Gasteiger partial charge in [0.05, 0.1) is 21.7 Å². The number of nitrogens with zero attached hydrogens (tertiary/aromatic N) is 2. The van der Waals surface area contributed by atoms with Gasteiger partial charge in [-0.1, -0.05) is 47.9 Å². The van der Waals surface area contributed by atoms with Crippen molar-refractivity contribution in [2.45, 2.75) is 55.8 Å². The zero-order valence-corrected chi connectivity index (χ0v) is 25.6. The fourth-order valence-corrected chi connectivity index (χ4v) is 7.22. The van der Waals surface area contributed by atoms with E-state index in [1.807, 2.05) is 6.92 Å². The molecule has 5 rings (SSSR count). The lowest BCUT2D eigenvalue weighted by molar-refractivity contribution is -0.142. The summed E-state index contributed by atoms with van der Waals surface area (Å²) in [5.41, 5.74) is 1.38. The molecule has 4 aromatic rings.